The third kappa shape index (κ3) is 9.05. The molecule has 12 nitrogen and oxygen atoms in total. The number of nitrogens with zero attached hydrogens (tertiary/aromatic N) is 4. The number of rotatable bonds is 6. The molecule has 0 unspecified atom stereocenters. The Hall–Kier alpha value is -7.34. The van der Waals surface area contributed by atoms with Crippen LogP contribution in [0.4, 0.5) is 22.7 Å². The van der Waals surface area contributed by atoms with Gasteiger partial charge in [0.25, 0.3) is 11.8 Å². The summed E-state index contributed by atoms with van der Waals surface area (Å²) in [4.78, 5) is 49.2. The van der Waals surface area contributed by atoms with Gasteiger partial charge in [-0.15, -0.1) is 15.3 Å². The number of nitrogens with one attached hydrogen (secondary N) is 2. The Kier molecular flexibility index (Phi) is 14.5. The fraction of sp³-hybridized carbons (Fsp3) is 0.136. The minimum absolute atomic E-state index is 0.0548. The number of phenols is 2. The summed E-state index contributed by atoms with van der Waals surface area (Å²) in [5, 5.41) is 43.8. The maximum atomic E-state index is 13.0. The highest BCUT2D eigenvalue weighted by Gasteiger charge is 2.31. The molecule has 0 aliphatic heterocycles. The van der Waals surface area contributed by atoms with Crippen LogP contribution in [-0.4, -0.2) is 47.7 Å². The average molecular weight is 751 g/mol. The number of carbonyl (C=O) groups excluding carboxylic acids is 4. The van der Waals surface area contributed by atoms with Crippen molar-refractivity contribution >= 4 is 56.9 Å². The SMILES string of the molecule is CC.CC.CNC(=O)c1cccc(N=Nc2ccc3ccccc3c2)c1O.CNC(=O)c1cccc(N=Nc2cccc3c2C(=O)c2ccccc2C3=O)c1O. The first-order valence-electron chi connectivity index (χ1n) is 17.9. The summed E-state index contributed by atoms with van der Waals surface area (Å²) in [7, 11) is 2.96. The number of azo groups is 2. The number of phenolic OH excluding ortho intramolecular Hbond substituents is 2. The Labute approximate surface area is 324 Å². The van der Waals surface area contributed by atoms with Crippen LogP contribution in [-0.2, 0) is 0 Å². The average Bonchev–Trinajstić information content (AvgIpc) is 3.25. The second kappa shape index (κ2) is 19.7. The second-order valence-corrected chi connectivity index (χ2v) is 11.3. The van der Waals surface area contributed by atoms with Gasteiger partial charge >= 0.3 is 0 Å². The Bertz CT molecular complexity index is 2460. The lowest BCUT2D eigenvalue weighted by Crippen LogP contribution is -2.20. The molecule has 0 atom stereocenters. The summed E-state index contributed by atoms with van der Waals surface area (Å²) in [6.45, 7) is 8.00. The van der Waals surface area contributed by atoms with Gasteiger partial charge in [0.15, 0.2) is 23.1 Å². The summed E-state index contributed by atoms with van der Waals surface area (Å²) < 4.78 is 0. The molecule has 0 radical (unpaired) electrons. The number of carbonyl (C=O) groups is 4. The van der Waals surface area contributed by atoms with Crippen molar-refractivity contribution in [2.75, 3.05) is 14.1 Å². The minimum atomic E-state index is -0.464. The Morgan fingerprint density at radius 3 is 1.50 bits per heavy atom. The minimum Gasteiger partial charge on any atom is -0.505 e. The molecule has 0 saturated carbocycles. The molecule has 6 aromatic rings. The van der Waals surface area contributed by atoms with E-state index < -0.39 is 5.91 Å². The van der Waals surface area contributed by atoms with Gasteiger partial charge in [-0.3, -0.25) is 19.2 Å². The molecule has 7 rings (SSSR count). The fourth-order valence-corrected chi connectivity index (χ4v) is 5.53. The van der Waals surface area contributed by atoms with Crippen molar-refractivity contribution in [3.05, 3.63) is 155 Å². The molecule has 12 heteroatoms. The molecular weight excluding hydrogens is 709 g/mol. The van der Waals surface area contributed by atoms with E-state index in [2.05, 4.69) is 31.1 Å². The third-order valence-electron chi connectivity index (χ3n) is 8.18. The van der Waals surface area contributed by atoms with E-state index in [9.17, 15) is 29.4 Å². The van der Waals surface area contributed by atoms with Crippen LogP contribution in [0.25, 0.3) is 10.8 Å². The van der Waals surface area contributed by atoms with Crippen LogP contribution in [0, 0.1) is 0 Å². The number of hydrogen-bond donors (Lipinski definition) is 4. The standard InChI is InChI=1S/C22H15N3O4.C18H15N3O2.2C2H6/c1-23-22(29)15-9-5-11-17(20(15)27)25-24-16-10-4-8-14-18(16)21(28)13-7-3-2-6-12(13)19(14)26;1-19-18(23)15-7-4-8-16(17(15)22)21-20-14-10-9-12-5-2-3-6-13(12)11-14;2*1-2/h2-11,27H,1H3,(H,23,29);2-11,22H,1H3,(H,19,23);2*1-2H3. The van der Waals surface area contributed by atoms with E-state index in [0.29, 0.717) is 16.8 Å². The number of aromatic hydroxyl groups is 2. The molecule has 284 valence electrons. The fourth-order valence-electron chi connectivity index (χ4n) is 5.53. The van der Waals surface area contributed by atoms with Gasteiger partial charge in [-0.05, 0) is 53.2 Å². The van der Waals surface area contributed by atoms with E-state index in [0.717, 1.165) is 10.8 Å². The number of amides is 2. The first kappa shape index (κ1) is 41.4. The molecule has 4 N–H and O–H groups in total. The number of benzene rings is 6. The van der Waals surface area contributed by atoms with Crippen molar-refractivity contribution in [1.82, 2.24) is 10.6 Å². The molecule has 0 bridgehead atoms. The summed E-state index contributed by atoms with van der Waals surface area (Å²) >= 11 is 0. The highest BCUT2D eigenvalue weighted by Crippen LogP contribution is 2.36. The predicted octanol–water partition coefficient (Wildman–Crippen LogP) is 10.3. The van der Waals surface area contributed by atoms with Crippen molar-refractivity contribution in [3.63, 3.8) is 0 Å². The monoisotopic (exact) mass is 750 g/mol. The van der Waals surface area contributed by atoms with Crippen molar-refractivity contribution in [1.29, 1.82) is 0 Å². The van der Waals surface area contributed by atoms with Crippen LogP contribution in [0.5, 0.6) is 11.5 Å². The summed E-state index contributed by atoms with van der Waals surface area (Å²) in [5.41, 5.74) is 2.52. The van der Waals surface area contributed by atoms with E-state index in [4.69, 9.17) is 0 Å². The smallest absolute Gasteiger partial charge is 0.254 e. The lowest BCUT2D eigenvalue weighted by molar-refractivity contribution is 0.0952. The van der Waals surface area contributed by atoms with E-state index in [1.807, 2.05) is 70.2 Å². The number of ketones is 2. The quantitative estimate of drug-likeness (QED) is 0.123. The first-order valence-corrected chi connectivity index (χ1v) is 17.9. The van der Waals surface area contributed by atoms with Crippen LogP contribution >= 0.6 is 0 Å². The molecule has 2 amide bonds. The van der Waals surface area contributed by atoms with Crippen LogP contribution in [0.1, 0.15) is 80.3 Å². The third-order valence-corrected chi connectivity index (χ3v) is 8.18. The van der Waals surface area contributed by atoms with Gasteiger partial charge in [-0.2, -0.15) is 5.11 Å². The molecule has 0 spiro atoms. The zero-order valence-electron chi connectivity index (χ0n) is 31.9. The van der Waals surface area contributed by atoms with Gasteiger partial charge in [-0.25, -0.2) is 0 Å². The van der Waals surface area contributed by atoms with Crippen LogP contribution in [0.2, 0.25) is 0 Å². The molecular formula is C44H42N6O6. The number of fused-ring (bicyclic) bond motifs is 3. The highest BCUT2D eigenvalue weighted by atomic mass is 16.3. The summed E-state index contributed by atoms with van der Waals surface area (Å²) in [6.07, 6.45) is 0. The second-order valence-electron chi connectivity index (χ2n) is 11.3. The predicted molar refractivity (Wildman–Crippen MR) is 218 cm³/mol. The number of para-hydroxylation sites is 2. The van der Waals surface area contributed by atoms with Crippen molar-refractivity contribution < 1.29 is 29.4 Å². The highest BCUT2D eigenvalue weighted by molar-refractivity contribution is 6.30. The molecule has 0 saturated heterocycles. The molecule has 0 fully saturated rings. The van der Waals surface area contributed by atoms with Gasteiger partial charge in [0.1, 0.15) is 11.4 Å². The van der Waals surface area contributed by atoms with Crippen LogP contribution in [0.15, 0.2) is 142 Å². The maximum Gasteiger partial charge on any atom is 0.254 e. The topological polar surface area (TPSA) is 182 Å². The summed E-state index contributed by atoms with van der Waals surface area (Å²) in [6, 6.07) is 34.4. The van der Waals surface area contributed by atoms with E-state index in [-0.39, 0.29) is 68.3 Å². The number of hydrogen-bond acceptors (Lipinski definition) is 10. The summed E-state index contributed by atoms with van der Waals surface area (Å²) in [5.74, 6) is -1.91. The first-order chi connectivity index (χ1) is 27.2. The van der Waals surface area contributed by atoms with Crippen molar-refractivity contribution in [2.24, 2.45) is 20.5 Å². The van der Waals surface area contributed by atoms with Gasteiger partial charge in [-0.1, -0.05) is 107 Å². The van der Waals surface area contributed by atoms with Crippen molar-refractivity contribution in [2.45, 2.75) is 27.7 Å². The Morgan fingerprint density at radius 1 is 0.482 bits per heavy atom. The van der Waals surface area contributed by atoms with Gasteiger partial charge in [0.05, 0.1) is 28.1 Å². The molecule has 6 aromatic carbocycles. The zero-order chi connectivity index (χ0) is 40.8. The molecule has 1 aliphatic carbocycles. The lowest BCUT2D eigenvalue weighted by atomic mass is 9.83. The van der Waals surface area contributed by atoms with Crippen LogP contribution < -0.4 is 10.6 Å². The van der Waals surface area contributed by atoms with E-state index in [1.165, 1.54) is 32.3 Å². The molecule has 0 aromatic heterocycles. The van der Waals surface area contributed by atoms with Gasteiger partial charge in [0.2, 0.25) is 0 Å². The van der Waals surface area contributed by atoms with Gasteiger partial charge in [0, 0.05) is 30.8 Å². The van der Waals surface area contributed by atoms with E-state index >= 15 is 0 Å². The molecule has 1 aliphatic rings. The normalized spacial score (nSPS) is 11.2. The largest absolute Gasteiger partial charge is 0.505 e. The Morgan fingerprint density at radius 2 is 0.929 bits per heavy atom. The zero-order valence-corrected chi connectivity index (χ0v) is 31.9. The lowest BCUT2D eigenvalue weighted by Gasteiger charge is -2.18. The van der Waals surface area contributed by atoms with E-state index in [1.54, 1.807) is 60.7 Å². The molecule has 56 heavy (non-hydrogen) atoms. The molecule has 0 heterocycles. The maximum absolute atomic E-state index is 13.0. The van der Waals surface area contributed by atoms with Gasteiger partial charge < -0.3 is 20.8 Å². The van der Waals surface area contributed by atoms with Crippen molar-refractivity contribution in [3.8, 4) is 11.5 Å². The Balaban J connectivity index is 0.000000234. The van der Waals surface area contributed by atoms with Crippen LogP contribution in [0.3, 0.4) is 0 Å².